The second kappa shape index (κ2) is 3.88. The molecule has 0 amide bonds. The van der Waals surface area contributed by atoms with Crippen molar-refractivity contribution in [2.75, 3.05) is 7.11 Å². The van der Waals surface area contributed by atoms with Crippen LogP contribution in [0.5, 0.6) is 11.5 Å². The molecule has 0 saturated heterocycles. The van der Waals surface area contributed by atoms with Crippen LogP contribution in [0.1, 0.15) is 25.3 Å². The van der Waals surface area contributed by atoms with E-state index < -0.39 is 0 Å². The van der Waals surface area contributed by atoms with E-state index in [1.807, 2.05) is 19.9 Å². The highest BCUT2D eigenvalue weighted by atomic mass is 35.5. The standard InChI is InChI=1S/C10H13ClO2/c1-6(2)7-4-8(11)10(13-3)9(12)5-7/h4-6,12H,1-3H3. The molecule has 1 N–H and O–H groups in total. The Morgan fingerprint density at radius 3 is 2.38 bits per heavy atom. The molecule has 1 aromatic rings. The fourth-order valence-electron chi connectivity index (χ4n) is 1.13. The predicted octanol–water partition coefficient (Wildman–Crippen LogP) is 3.18. The van der Waals surface area contributed by atoms with Gasteiger partial charge in [-0.3, -0.25) is 0 Å². The molecule has 0 saturated carbocycles. The van der Waals surface area contributed by atoms with Crippen LogP contribution in [0, 0.1) is 0 Å². The van der Waals surface area contributed by atoms with Crippen LogP contribution in [0.15, 0.2) is 12.1 Å². The van der Waals surface area contributed by atoms with Gasteiger partial charge in [-0.2, -0.15) is 0 Å². The highest BCUT2D eigenvalue weighted by Gasteiger charge is 2.10. The average molecular weight is 201 g/mol. The van der Waals surface area contributed by atoms with Crippen LogP contribution in [0.4, 0.5) is 0 Å². The van der Waals surface area contributed by atoms with Gasteiger partial charge in [-0.25, -0.2) is 0 Å². The number of hydrogen-bond donors (Lipinski definition) is 1. The Kier molecular flexibility index (Phi) is 3.04. The molecule has 0 spiro atoms. The first-order chi connectivity index (χ1) is 6.06. The molecule has 0 radical (unpaired) electrons. The number of halogens is 1. The Hall–Kier alpha value is -0.890. The molecule has 0 bridgehead atoms. The maximum Gasteiger partial charge on any atom is 0.179 e. The molecule has 13 heavy (non-hydrogen) atoms. The lowest BCUT2D eigenvalue weighted by Gasteiger charge is -2.10. The quantitative estimate of drug-likeness (QED) is 0.795. The Morgan fingerprint density at radius 2 is 2.00 bits per heavy atom. The summed E-state index contributed by atoms with van der Waals surface area (Å²) >= 11 is 5.89. The van der Waals surface area contributed by atoms with Crippen LogP contribution in [-0.2, 0) is 0 Å². The molecule has 0 unspecified atom stereocenters. The van der Waals surface area contributed by atoms with Crippen molar-refractivity contribution in [1.82, 2.24) is 0 Å². The van der Waals surface area contributed by atoms with Crippen LogP contribution in [0.25, 0.3) is 0 Å². The minimum Gasteiger partial charge on any atom is -0.504 e. The second-order valence-electron chi connectivity index (χ2n) is 3.21. The number of benzene rings is 1. The number of methoxy groups -OCH3 is 1. The molecule has 0 aliphatic rings. The van der Waals surface area contributed by atoms with Crippen LogP contribution < -0.4 is 4.74 Å². The minimum absolute atomic E-state index is 0.0960. The first-order valence-electron chi connectivity index (χ1n) is 4.12. The molecule has 3 heteroatoms. The van der Waals surface area contributed by atoms with Crippen molar-refractivity contribution in [2.45, 2.75) is 19.8 Å². The van der Waals surface area contributed by atoms with Crippen molar-refractivity contribution in [3.8, 4) is 11.5 Å². The van der Waals surface area contributed by atoms with Crippen LogP contribution in [-0.4, -0.2) is 12.2 Å². The van der Waals surface area contributed by atoms with E-state index in [1.165, 1.54) is 7.11 Å². The summed E-state index contributed by atoms with van der Waals surface area (Å²) in [5.41, 5.74) is 1.00. The molecule has 72 valence electrons. The molecule has 0 aliphatic carbocycles. The summed E-state index contributed by atoms with van der Waals surface area (Å²) in [6.07, 6.45) is 0. The van der Waals surface area contributed by atoms with Crippen LogP contribution in [0.3, 0.4) is 0 Å². The first-order valence-corrected chi connectivity index (χ1v) is 4.50. The maximum absolute atomic E-state index is 9.51. The van der Waals surface area contributed by atoms with Crippen molar-refractivity contribution in [1.29, 1.82) is 0 Å². The molecule has 0 atom stereocenters. The Balaban J connectivity index is 3.20. The lowest BCUT2D eigenvalue weighted by molar-refractivity contribution is 0.373. The van der Waals surface area contributed by atoms with Crippen molar-refractivity contribution in [2.24, 2.45) is 0 Å². The molecular formula is C10H13ClO2. The van der Waals surface area contributed by atoms with Gasteiger partial charge in [-0.1, -0.05) is 25.4 Å². The molecule has 1 aromatic carbocycles. The number of phenolic OH excluding ortho intramolecular Hbond substituents is 1. The lowest BCUT2D eigenvalue weighted by Crippen LogP contribution is -1.90. The summed E-state index contributed by atoms with van der Waals surface area (Å²) in [7, 11) is 1.48. The molecular weight excluding hydrogens is 188 g/mol. The normalized spacial score (nSPS) is 10.5. The lowest BCUT2D eigenvalue weighted by atomic mass is 10.0. The van der Waals surface area contributed by atoms with Crippen LogP contribution in [0.2, 0.25) is 5.02 Å². The van der Waals surface area contributed by atoms with Gasteiger partial charge in [0.2, 0.25) is 0 Å². The third-order valence-electron chi connectivity index (χ3n) is 1.92. The van der Waals surface area contributed by atoms with Gasteiger partial charge in [0.25, 0.3) is 0 Å². The summed E-state index contributed by atoms with van der Waals surface area (Å²) in [5.74, 6) is 0.777. The number of aromatic hydroxyl groups is 1. The zero-order valence-corrected chi connectivity index (χ0v) is 8.72. The van der Waals surface area contributed by atoms with Crippen molar-refractivity contribution >= 4 is 11.6 Å². The molecule has 2 nitrogen and oxygen atoms in total. The van der Waals surface area contributed by atoms with E-state index in [2.05, 4.69) is 0 Å². The van der Waals surface area contributed by atoms with Crippen molar-refractivity contribution < 1.29 is 9.84 Å². The summed E-state index contributed by atoms with van der Waals surface area (Å²) in [6.45, 7) is 4.08. The van der Waals surface area contributed by atoms with E-state index in [4.69, 9.17) is 16.3 Å². The number of hydrogen-bond acceptors (Lipinski definition) is 2. The predicted molar refractivity (Wildman–Crippen MR) is 53.8 cm³/mol. The largest absolute Gasteiger partial charge is 0.504 e. The molecule has 0 aliphatic heterocycles. The van der Waals surface area contributed by atoms with Gasteiger partial charge in [-0.15, -0.1) is 0 Å². The Morgan fingerprint density at radius 1 is 1.38 bits per heavy atom. The molecule has 0 heterocycles. The number of rotatable bonds is 2. The van der Waals surface area contributed by atoms with E-state index in [0.717, 1.165) is 5.56 Å². The SMILES string of the molecule is COc1c(O)cc(C(C)C)cc1Cl. The first kappa shape index (κ1) is 10.2. The molecule has 0 fully saturated rings. The third kappa shape index (κ3) is 2.07. The molecule has 0 aromatic heterocycles. The smallest absolute Gasteiger partial charge is 0.179 e. The highest BCUT2D eigenvalue weighted by Crippen LogP contribution is 2.36. The summed E-state index contributed by atoms with van der Waals surface area (Å²) in [4.78, 5) is 0. The fraction of sp³-hybridized carbons (Fsp3) is 0.400. The Labute approximate surface area is 83.1 Å². The number of phenols is 1. The summed E-state index contributed by atoms with van der Waals surface area (Å²) in [5, 5.41) is 9.96. The minimum atomic E-state index is 0.0960. The highest BCUT2D eigenvalue weighted by molar-refractivity contribution is 6.32. The van der Waals surface area contributed by atoms with E-state index in [0.29, 0.717) is 16.7 Å². The maximum atomic E-state index is 9.51. The van der Waals surface area contributed by atoms with Gasteiger partial charge in [0, 0.05) is 0 Å². The summed E-state index contributed by atoms with van der Waals surface area (Å²) in [6, 6.07) is 3.49. The van der Waals surface area contributed by atoms with E-state index in [9.17, 15) is 5.11 Å². The fourth-order valence-corrected chi connectivity index (χ4v) is 1.43. The van der Waals surface area contributed by atoms with Gasteiger partial charge < -0.3 is 9.84 Å². The molecule has 1 rings (SSSR count). The number of ether oxygens (including phenoxy) is 1. The van der Waals surface area contributed by atoms with Gasteiger partial charge in [0.15, 0.2) is 11.5 Å². The van der Waals surface area contributed by atoms with Crippen molar-refractivity contribution in [3.63, 3.8) is 0 Å². The van der Waals surface area contributed by atoms with Gasteiger partial charge in [0.1, 0.15) is 0 Å². The van der Waals surface area contributed by atoms with Crippen LogP contribution >= 0.6 is 11.6 Å². The van der Waals surface area contributed by atoms with Gasteiger partial charge >= 0.3 is 0 Å². The van der Waals surface area contributed by atoms with E-state index in [-0.39, 0.29) is 5.75 Å². The van der Waals surface area contributed by atoms with Crippen molar-refractivity contribution in [3.05, 3.63) is 22.7 Å². The average Bonchev–Trinajstić information content (AvgIpc) is 2.03. The van der Waals surface area contributed by atoms with E-state index in [1.54, 1.807) is 6.07 Å². The topological polar surface area (TPSA) is 29.5 Å². The van der Waals surface area contributed by atoms with Gasteiger partial charge in [-0.05, 0) is 23.6 Å². The van der Waals surface area contributed by atoms with Gasteiger partial charge in [0.05, 0.1) is 12.1 Å². The monoisotopic (exact) mass is 200 g/mol. The Bertz CT molecular complexity index is 285. The van der Waals surface area contributed by atoms with E-state index >= 15 is 0 Å². The third-order valence-corrected chi connectivity index (χ3v) is 2.20. The second-order valence-corrected chi connectivity index (χ2v) is 3.62. The zero-order valence-electron chi connectivity index (χ0n) is 7.97. The zero-order chi connectivity index (χ0) is 10.0. The summed E-state index contributed by atoms with van der Waals surface area (Å²) < 4.78 is 4.93.